The molecule has 0 saturated carbocycles. The van der Waals surface area contributed by atoms with Crippen LogP contribution in [-0.2, 0) is 11.8 Å². The highest BCUT2D eigenvalue weighted by Crippen LogP contribution is 2.58. The van der Waals surface area contributed by atoms with Crippen molar-refractivity contribution in [3.63, 3.8) is 0 Å². The van der Waals surface area contributed by atoms with Crippen molar-refractivity contribution in [1.29, 1.82) is 0 Å². The van der Waals surface area contributed by atoms with Crippen LogP contribution in [0.15, 0.2) is 266 Å². The fraction of sp³-hybridized carbons (Fsp3) is 0.104. The van der Waals surface area contributed by atoms with E-state index < -0.39 is 5.41 Å². The van der Waals surface area contributed by atoms with Crippen molar-refractivity contribution in [2.75, 3.05) is 9.80 Å². The normalized spacial score (nSPS) is 18.1. The van der Waals surface area contributed by atoms with Crippen LogP contribution in [0.5, 0.6) is 0 Å². The molecule has 0 saturated heterocycles. The predicted octanol–water partition coefficient (Wildman–Crippen LogP) is 16.8. The fourth-order valence-electron chi connectivity index (χ4n) is 12.1. The lowest BCUT2D eigenvalue weighted by Gasteiger charge is -2.34. The van der Waals surface area contributed by atoms with Gasteiger partial charge in [-0.1, -0.05) is 212 Å². The van der Waals surface area contributed by atoms with Crippen LogP contribution >= 0.6 is 0 Å². The van der Waals surface area contributed by atoms with E-state index in [9.17, 15) is 0 Å². The maximum absolute atomic E-state index is 2.60. The highest BCUT2D eigenvalue weighted by atomic mass is 15.2. The van der Waals surface area contributed by atoms with E-state index in [0.717, 1.165) is 42.7 Å². The Balaban J connectivity index is 0.814. The zero-order valence-electron chi connectivity index (χ0n) is 38.6. The first-order valence-corrected chi connectivity index (χ1v) is 24.7. The molecular formula is C67H52N2. The first-order chi connectivity index (χ1) is 34.2. The molecule has 330 valence electrons. The predicted molar refractivity (Wildman–Crippen MR) is 288 cm³/mol. The van der Waals surface area contributed by atoms with Gasteiger partial charge in [0.1, 0.15) is 0 Å². The van der Waals surface area contributed by atoms with Gasteiger partial charge in [-0.3, -0.25) is 0 Å². The van der Waals surface area contributed by atoms with Gasteiger partial charge in [-0.15, -0.1) is 0 Å². The topological polar surface area (TPSA) is 6.48 Å². The molecule has 0 bridgehead atoms. The Morgan fingerprint density at radius 2 is 1.23 bits per heavy atom. The number of fused-ring (bicyclic) bond motifs is 7. The second kappa shape index (κ2) is 17.1. The summed E-state index contributed by atoms with van der Waals surface area (Å²) >= 11 is 0. The summed E-state index contributed by atoms with van der Waals surface area (Å²) in [5.41, 5.74) is 22.9. The molecular weight excluding hydrogens is 833 g/mol. The summed E-state index contributed by atoms with van der Waals surface area (Å²) < 4.78 is 0. The van der Waals surface area contributed by atoms with Crippen LogP contribution in [0.3, 0.4) is 0 Å². The van der Waals surface area contributed by atoms with Crippen molar-refractivity contribution < 1.29 is 0 Å². The lowest BCUT2D eigenvalue weighted by molar-refractivity contribution is 0.721. The summed E-state index contributed by atoms with van der Waals surface area (Å²) in [4.78, 5) is 4.97. The van der Waals surface area contributed by atoms with E-state index in [2.05, 4.69) is 265 Å². The van der Waals surface area contributed by atoms with E-state index in [0.29, 0.717) is 0 Å². The lowest BCUT2D eigenvalue weighted by Crippen LogP contribution is -2.32. The lowest BCUT2D eigenvalue weighted by atomic mass is 9.67. The molecule has 69 heavy (non-hydrogen) atoms. The molecule has 5 aliphatic rings. The monoisotopic (exact) mass is 884 g/mol. The van der Waals surface area contributed by atoms with Gasteiger partial charge < -0.3 is 9.80 Å². The summed E-state index contributed by atoms with van der Waals surface area (Å²) in [6.07, 6.45) is 25.7. The van der Waals surface area contributed by atoms with Crippen molar-refractivity contribution in [2.24, 2.45) is 0 Å². The van der Waals surface area contributed by atoms with Gasteiger partial charge in [0.25, 0.3) is 0 Å². The Morgan fingerprint density at radius 3 is 1.96 bits per heavy atom. The Labute approximate surface area is 406 Å². The van der Waals surface area contributed by atoms with E-state index in [-0.39, 0.29) is 12.0 Å². The third-order valence-electron chi connectivity index (χ3n) is 15.1. The Bertz CT molecular complexity index is 3360. The molecule has 2 unspecified atom stereocenters. The number of benzene rings is 8. The molecule has 1 aliphatic heterocycles. The van der Waals surface area contributed by atoms with Crippen molar-refractivity contribution in [3.05, 3.63) is 305 Å². The number of nitrogens with zero attached hydrogens (tertiary/aromatic N) is 2. The van der Waals surface area contributed by atoms with Gasteiger partial charge in [0.15, 0.2) is 0 Å². The average molecular weight is 885 g/mol. The largest absolute Gasteiger partial charge is 0.334 e. The summed E-state index contributed by atoms with van der Waals surface area (Å²) in [5, 5.41) is 0. The van der Waals surface area contributed by atoms with Crippen molar-refractivity contribution >= 4 is 28.8 Å². The molecule has 2 nitrogen and oxygen atoms in total. The van der Waals surface area contributed by atoms with E-state index >= 15 is 0 Å². The highest BCUT2D eigenvalue weighted by Gasteiger charge is 2.47. The first kappa shape index (κ1) is 41.0. The molecule has 0 spiro atoms. The zero-order valence-corrected chi connectivity index (χ0v) is 38.6. The maximum atomic E-state index is 2.60. The van der Waals surface area contributed by atoms with E-state index in [1.807, 2.05) is 0 Å². The third-order valence-corrected chi connectivity index (χ3v) is 15.1. The third kappa shape index (κ3) is 6.93. The van der Waals surface area contributed by atoms with Gasteiger partial charge in [-0.05, 0) is 141 Å². The number of hydrogen-bond acceptors (Lipinski definition) is 2. The van der Waals surface area contributed by atoms with Crippen LogP contribution in [0.4, 0.5) is 22.7 Å². The average Bonchev–Trinajstić information content (AvgIpc) is 3.91. The molecule has 4 aliphatic carbocycles. The quantitative estimate of drug-likeness (QED) is 0.142. The Kier molecular flexibility index (Phi) is 10.2. The van der Waals surface area contributed by atoms with Crippen molar-refractivity contribution in [3.8, 4) is 22.3 Å². The highest BCUT2D eigenvalue weighted by molar-refractivity contribution is 5.96. The van der Waals surface area contributed by atoms with Crippen LogP contribution in [-0.4, -0.2) is 6.04 Å². The number of rotatable bonds is 9. The first-order valence-electron chi connectivity index (χ1n) is 24.7. The molecule has 13 rings (SSSR count). The second-order valence-corrected chi connectivity index (χ2v) is 19.0. The molecule has 2 atom stereocenters. The summed E-state index contributed by atoms with van der Waals surface area (Å²) in [7, 11) is 0. The van der Waals surface area contributed by atoms with Gasteiger partial charge in [0.05, 0.1) is 11.5 Å². The molecule has 2 heteroatoms. The Hall–Kier alpha value is -8.20. The molecule has 1 heterocycles. The van der Waals surface area contributed by atoms with Gasteiger partial charge >= 0.3 is 0 Å². The number of hydrogen-bond donors (Lipinski definition) is 0. The maximum Gasteiger partial charge on any atom is 0.0713 e. The summed E-state index contributed by atoms with van der Waals surface area (Å²) in [6, 6.07) is 74.1. The SMILES string of the molecule is C1=CC(N2c3cc(N(c4ccccc4)c4ccccc4)ccc3C3C=CC(/C=C/C4=Cc5ccc(-c6cccc7c6-c6ccccc6C7(c6ccccc6)c6ccccc6)cc5CC4)=CC32)=CCC1. The smallest absolute Gasteiger partial charge is 0.0713 e. The molecule has 0 N–H and O–H groups in total. The van der Waals surface area contributed by atoms with E-state index in [1.165, 1.54) is 83.7 Å². The molecule has 8 aromatic carbocycles. The van der Waals surface area contributed by atoms with Crippen LogP contribution in [0, 0.1) is 0 Å². The molecule has 0 aromatic heterocycles. The van der Waals surface area contributed by atoms with Gasteiger partial charge in [-0.2, -0.15) is 0 Å². The van der Waals surface area contributed by atoms with Gasteiger partial charge in [0, 0.05) is 34.4 Å². The summed E-state index contributed by atoms with van der Waals surface area (Å²) in [6.45, 7) is 0. The standard InChI is InChI=1S/C67H52N2/c1-6-19-52(20-7-1)67(53-21-8-2-9-22-53)62-31-17-16-29-61(62)66-58(30-18-32-63(66)67)51-39-38-49-43-47(35-37-50(49)45-51)33-34-48-36-41-59-60-42-40-57(46-65(60)69(64(59)44-48)56-27-14-5-15-28-56)68(54-23-10-3-11-24-54)55-25-12-4-13-26-55/h1-4,6-14,16-34,36,38-46,59,64H,5,15,35,37H2/b34-33+. The number of para-hydroxylation sites is 2. The zero-order chi connectivity index (χ0) is 45.7. The fourth-order valence-corrected chi connectivity index (χ4v) is 12.1. The van der Waals surface area contributed by atoms with Crippen LogP contribution in [0.2, 0.25) is 0 Å². The molecule has 0 amide bonds. The number of anilines is 4. The van der Waals surface area contributed by atoms with Crippen molar-refractivity contribution in [1.82, 2.24) is 0 Å². The van der Waals surface area contributed by atoms with Gasteiger partial charge in [-0.25, -0.2) is 0 Å². The molecule has 0 radical (unpaired) electrons. The van der Waals surface area contributed by atoms with Crippen LogP contribution in [0.25, 0.3) is 28.3 Å². The number of aryl methyl sites for hydroxylation is 1. The van der Waals surface area contributed by atoms with Crippen LogP contribution < -0.4 is 9.80 Å². The minimum atomic E-state index is -0.409. The minimum absolute atomic E-state index is 0.187. The molecule has 8 aromatic rings. The summed E-state index contributed by atoms with van der Waals surface area (Å²) in [5.74, 6) is 0.270. The number of allylic oxidation sites excluding steroid dienone is 8. The molecule has 0 fully saturated rings. The van der Waals surface area contributed by atoms with Crippen molar-refractivity contribution in [2.45, 2.75) is 43.1 Å². The Morgan fingerprint density at radius 1 is 0.551 bits per heavy atom. The minimum Gasteiger partial charge on any atom is -0.334 e. The van der Waals surface area contributed by atoms with E-state index in [4.69, 9.17) is 0 Å². The van der Waals surface area contributed by atoms with Crippen LogP contribution in [0.1, 0.15) is 64.1 Å². The van der Waals surface area contributed by atoms with E-state index in [1.54, 1.807) is 0 Å². The second-order valence-electron chi connectivity index (χ2n) is 19.0. The van der Waals surface area contributed by atoms with Gasteiger partial charge in [0.2, 0.25) is 0 Å².